The summed E-state index contributed by atoms with van der Waals surface area (Å²) in [5.41, 5.74) is 2.46. The van der Waals surface area contributed by atoms with Gasteiger partial charge >= 0.3 is 0 Å². The van der Waals surface area contributed by atoms with E-state index in [9.17, 15) is 4.79 Å². The van der Waals surface area contributed by atoms with Crippen molar-refractivity contribution in [3.05, 3.63) is 42.8 Å². The molecule has 0 spiro atoms. The molecule has 0 bridgehead atoms. The maximum absolute atomic E-state index is 12.5. The summed E-state index contributed by atoms with van der Waals surface area (Å²) < 4.78 is 5.32. The van der Waals surface area contributed by atoms with Crippen LogP contribution < -0.4 is 5.32 Å². The van der Waals surface area contributed by atoms with Crippen molar-refractivity contribution in [3.63, 3.8) is 0 Å². The minimum atomic E-state index is 0.155. The molecule has 3 aromatic heterocycles. The van der Waals surface area contributed by atoms with E-state index in [2.05, 4.69) is 20.3 Å². The van der Waals surface area contributed by atoms with Crippen molar-refractivity contribution in [2.75, 3.05) is 13.1 Å². The Labute approximate surface area is 139 Å². The number of fused-ring (bicyclic) bond motifs is 1. The molecule has 1 fully saturated rings. The Morgan fingerprint density at radius 2 is 2.04 bits per heavy atom. The molecule has 1 saturated heterocycles. The van der Waals surface area contributed by atoms with Gasteiger partial charge in [-0.05, 0) is 38.1 Å². The molecule has 0 aromatic carbocycles. The number of oxazole rings is 1. The van der Waals surface area contributed by atoms with Crippen LogP contribution in [-0.4, -0.2) is 33.8 Å². The summed E-state index contributed by atoms with van der Waals surface area (Å²) >= 11 is 0. The number of nitrogens with one attached hydrogen (secondary N) is 1. The molecule has 6 nitrogen and oxygen atoms in total. The first-order chi connectivity index (χ1) is 11.8. The lowest BCUT2D eigenvalue weighted by Crippen LogP contribution is -2.32. The smallest absolute Gasteiger partial charge is 0.181 e. The van der Waals surface area contributed by atoms with Crippen LogP contribution in [0.3, 0.4) is 0 Å². The second kappa shape index (κ2) is 6.49. The number of aromatic nitrogens is 3. The van der Waals surface area contributed by atoms with Crippen LogP contribution in [0.2, 0.25) is 0 Å². The van der Waals surface area contributed by atoms with Gasteiger partial charge in [0.05, 0.1) is 17.9 Å². The van der Waals surface area contributed by atoms with E-state index in [-0.39, 0.29) is 11.7 Å². The number of nitrogens with zero attached hydrogens (tertiary/aromatic N) is 3. The Morgan fingerprint density at radius 1 is 1.17 bits per heavy atom. The average molecular weight is 322 g/mol. The Kier molecular flexibility index (Phi) is 4.04. The Bertz CT molecular complexity index is 855. The lowest BCUT2D eigenvalue weighted by molar-refractivity contribution is -0.123. The molecule has 0 radical (unpaired) electrons. The summed E-state index contributed by atoms with van der Waals surface area (Å²) in [6, 6.07) is 3.93. The Balaban J connectivity index is 1.58. The number of carbonyl (C=O) groups is 1. The van der Waals surface area contributed by atoms with Crippen LogP contribution in [0.1, 0.15) is 18.5 Å². The van der Waals surface area contributed by atoms with Gasteiger partial charge in [0.2, 0.25) is 0 Å². The molecule has 6 heteroatoms. The van der Waals surface area contributed by atoms with Gasteiger partial charge in [0, 0.05) is 35.2 Å². The van der Waals surface area contributed by atoms with Gasteiger partial charge < -0.3 is 9.73 Å². The van der Waals surface area contributed by atoms with E-state index in [1.54, 1.807) is 18.6 Å². The molecule has 24 heavy (non-hydrogen) atoms. The fraction of sp³-hybridized carbons (Fsp3) is 0.333. The lowest BCUT2D eigenvalue weighted by Gasteiger charge is -2.21. The number of ketones is 1. The van der Waals surface area contributed by atoms with Gasteiger partial charge in [-0.25, -0.2) is 4.98 Å². The highest BCUT2D eigenvalue weighted by Crippen LogP contribution is 2.23. The highest BCUT2D eigenvalue weighted by atomic mass is 16.3. The highest BCUT2D eigenvalue weighted by Gasteiger charge is 2.21. The van der Waals surface area contributed by atoms with Crippen LogP contribution in [0, 0.1) is 5.92 Å². The molecule has 0 aliphatic carbocycles. The minimum Gasteiger partial charge on any atom is -0.443 e. The summed E-state index contributed by atoms with van der Waals surface area (Å²) in [6.45, 7) is 1.85. The van der Waals surface area contributed by atoms with E-state index in [0.717, 1.165) is 48.1 Å². The number of piperidine rings is 1. The van der Waals surface area contributed by atoms with Gasteiger partial charge in [0.15, 0.2) is 12.2 Å². The van der Waals surface area contributed by atoms with Gasteiger partial charge in [0.1, 0.15) is 5.78 Å². The first-order valence-electron chi connectivity index (χ1n) is 8.16. The summed E-state index contributed by atoms with van der Waals surface area (Å²) in [5, 5.41) is 4.24. The highest BCUT2D eigenvalue weighted by molar-refractivity contribution is 5.86. The standard InChI is InChI=1S/C18H18N4O2/c23-17(12-1-3-19-4-2-12)7-15-6-13-5-14(18-10-20-11-24-18)8-22-16(13)9-21-15/h5-6,8-12,19H,1-4,7H2. The quantitative estimate of drug-likeness (QED) is 0.794. The number of hydrogen-bond donors (Lipinski definition) is 1. The molecule has 1 aliphatic heterocycles. The van der Waals surface area contributed by atoms with Crippen LogP contribution in [-0.2, 0) is 11.2 Å². The van der Waals surface area contributed by atoms with Gasteiger partial charge in [-0.2, -0.15) is 0 Å². The van der Waals surface area contributed by atoms with Crippen molar-refractivity contribution >= 4 is 16.7 Å². The van der Waals surface area contributed by atoms with Crippen LogP contribution in [0.15, 0.2) is 41.5 Å². The molecule has 0 amide bonds. The van der Waals surface area contributed by atoms with E-state index in [0.29, 0.717) is 12.2 Å². The Morgan fingerprint density at radius 3 is 2.83 bits per heavy atom. The van der Waals surface area contributed by atoms with E-state index in [1.807, 2.05) is 12.1 Å². The first-order valence-corrected chi connectivity index (χ1v) is 8.16. The van der Waals surface area contributed by atoms with Crippen LogP contribution >= 0.6 is 0 Å². The molecule has 1 aliphatic rings. The van der Waals surface area contributed by atoms with Crippen molar-refractivity contribution in [1.29, 1.82) is 0 Å². The summed E-state index contributed by atoms with van der Waals surface area (Å²) in [4.78, 5) is 25.2. The Hall–Kier alpha value is -2.60. The third-order valence-electron chi connectivity index (χ3n) is 4.49. The largest absolute Gasteiger partial charge is 0.443 e. The lowest BCUT2D eigenvalue weighted by atomic mass is 9.91. The maximum atomic E-state index is 12.5. The van der Waals surface area contributed by atoms with Crippen LogP contribution in [0.5, 0.6) is 0 Å². The first kappa shape index (κ1) is 15.0. The minimum absolute atomic E-state index is 0.155. The van der Waals surface area contributed by atoms with Gasteiger partial charge in [-0.3, -0.25) is 14.8 Å². The molecule has 4 heterocycles. The van der Waals surface area contributed by atoms with E-state index >= 15 is 0 Å². The molecule has 0 unspecified atom stereocenters. The third kappa shape index (κ3) is 3.05. The summed E-state index contributed by atoms with van der Waals surface area (Å²) in [7, 11) is 0. The summed E-state index contributed by atoms with van der Waals surface area (Å²) in [5.74, 6) is 1.11. The number of carbonyl (C=O) groups excluding carboxylic acids is 1. The zero-order chi connectivity index (χ0) is 16.4. The fourth-order valence-corrected chi connectivity index (χ4v) is 3.13. The fourth-order valence-electron chi connectivity index (χ4n) is 3.13. The SMILES string of the molecule is O=C(Cc1cc2cc(-c3cnco3)cnc2cn1)C1CCNCC1. The maximum Gasteiger partial charge on any atom is 0.181 e. The van der Waals surface area contributed by atoms with Crippen molar-refractivity contribution in [3.8, 4) is 11.3 Å². The molecule has 4 rings (SSSR count). The van der Waals surface area contributed by atoms with Crippen molar-refractivity contribution < 1.29 is 9.21 Å². The number of Topliss-reactive ketones (excluding diaryl/α,β-unsaturated/α-hetero) is 1. The molecule has 0 saturated carbocycles. The number of pyridine rings is 2. The normalized spacial score (nSPS) is 15.7. The second-order valence-corrected chi connectivity index (χ2v) is 6.13. The number of rotatable bonds is 4. The van der Waals surface area contributed by atoms with Crippen LogP contribution in [0.4, 0.5) is 0 Å². The average Bonchev–Trinajstić information content (AvgIpc) is 3.16. The van der Waals surface area contributed by atoms with Crippen molar-refractivity contribution in [2.24, 2.45) is 5.92 Å². The third-order valence-corrected chi connectivity index (χ3v) is 4.49. The van der Waals surface area contributed by atoms with E-state index in [4.69, 9.17) is 4.42 Å². The van der Waals surface area contributed by atoms with Crippen molar-refractivity contribution in [2.45, 2.75) is 19.3 Å². The topological polar surface area (TPSA) is 80.9 Å². The summed E-state index contributed by atoms with van der Waals surface area (Å²) in [6.07, 6.45) is 8.75. The monoisotopic (exact) mass is 322 g/mol. The van der Waals surface area contributed by atoms with Crippen molar-refractivity contribution in [1.82, 2.24) is 20.3 Å². The number of hydrogen-bond acceptors (Lipinski definition) is 6. The molecular weight excluding hydrogens is 304 g/mol. The molecule has 3 aromatic rings. The molecule has 122 valence electrons. The van der Waals surface area contributed by atoms with Gasteiger partial charge in [-0.1, -0.05) is 0 Å². The molecular formula is C18H18N4O2. The zero-order valence-electron chi connectivity index (χ0n) is 13.2. The predicted octanol–water partition coefficient (Wildman–Crippen LogP) is 2.40. The molecule has 1 N–H and O–H groups in total. The predicted molar refractivity (Wildman–Crippen MR) is 89.3 cm³/mol. The van der Waals surface area contributed by atoms with Gasteiger partial charge in [0.25, 0.3) is 0 Å². The molecule has 0 atom stereocenters. The van der Waals surface area contributed by atoms with E-state index < -0.39 is 0 Å². The van der Waals surface area contributed by atoms with E-state index in [1.165, 1.54) is 6.39 Å². The van der Waals surface area contributed by atoms with Gasteiger partial charge in [-0.15, -0.1) is 0 Å². The second-order valence-electron chi connectivity index (χ2n) is 6.13. The van der Waals surface area contributed by atoms with Crippen LogP contribution in [0.25, 0.3) is 22.2 Å². The zero-order valence-corrected chi connectivity index (χ0v) is 13.2.